The molecule has 0 amide bonds. The molecule has 0 aromatic carbocycles. The summed E-state index contributed by atoms with van der Waals surface area (Å²) in [6.45, 7) is 2.83. The Kier molecular flexibility index (Phi) is 2.99. The highest BCUT2D eigenvalue weighted by molar-refractivity contribution is 7.78. The largest absolute Gasteiger partial charge is 0.306 e. The minimum Gasteiger partial charge on any atom is -0.306 e. The first-order valence-corrected chi connectivity index (χ1v) is 5.03. The van der Waals surface area contributed by atoms with Gasteiger partial charge >= 0.3 is 0 Å². The lowest BCUT2D eigenvalue weighted by Gasteiger charge is -1.96. The van der Waals surface area contributed by atoms with Gasteiger partial charge in [-0.25, -0.2) is 13.3 Å². The molecule has 1 rings (SSSR count). The molecule has 0 aliphatic heterocycles. The monoisotopic (exact) mass is 189 g/mol. The highest BCUT2D eigenvalue weighted by Gasteiger charge is 2.14. The van der Waals surface area contributed by atoms with Crippen molar-refractivity contribution < 1.29 is 13.3 Å². The van der Waals surface area contributed by atoms with E-state index in [0.717, 1.165) is 12.4 Å². The summed E-state index contributed by atoms with van der Waals surface area (Å²) in [6, 6.07) is 0. The lowest BCUT2D eigenvalue weighted by molar-refractivity contribution is -0.677. The lowest BCUT2D eigenvalue weighted by atomic mass is 10.6. The van der Waals surface area contributed by atoms with Crippen molar-refractivity contribution in [2.24, 2.45) is 7.05 Å². The first-order valence-electron chi connectivity index (χ1n) is 3.76. The lowest BCUT2D eigenvalue weighted by Crippen LogP contribution is -2.32. The Bertz CT molecular complexity index is 296. The Morgan fingerprint density at radius 1 is 1.75 bits per heavy atom. The van der Waals surface area contributed by atoms with E-state index >= 15 is 0 Å². The average Bonchev–Trinajstić information content (AvgIpc) is 2.32. The fourth-order valence-electron chi connectivity index (χ4n) is 1.14. The number of imidazole rings is 1. The molecule has 12 heavy (non-hydrogen) atoms. The highest BCUT2D eigenvalue weighted by atomic mass is 32.2. The van der Waals surface area contributed by atoms with Gasteiger partial charge in [-0.1, -0.05) is 0 Å². The van der Waals surface area contributed by atoms with E-state index < -0.39 is 11.1 Å². The van der Waals surface area contributed by atoms with Crippen LogP contribution in [0.1, 0.15) is 12.7 Å². The zero-order valence-corrected chi connectivity index (χ0v) is 8.04. The molecule has 0 saturated carbocycles. The number of hydrogen-bond donors (Lipinski definition) is 1. The summed E-state index contributed by atoms with van der Waals surface area (Å²) in [5.41, 5.74) is 0. The summed E-state index contributed by atoms with van der Waals surface area (Å²) < 4.78 is 23.1. The van der Waals surface area contributed by atoms with Gasteiger partial charge in [0.1, 0.15) is 12.4 Å². The van der Waals surface area contributed by atoms with Crippen LogP contribution >= 0.6 is 0 Å². The van der Waals surface area contributed by atoms with Crippen LogP contribution in [0.5, 0.6) is 0 Å². The average molecular weight is 189 g/mol. The van der Waals surface area contributed by atoms with E-state index in [9.17, 15) is 4.21 Å². The maximum absolute atomic E-state index is 10.6. The number of rotatable bonds is 3. The molecule has 1 aromatic rings. The minimum atomic E-state index is -1.76. The second kappa shape index (κ2) is 3.82. The Morgan fingerprint density at radius 2 is 2.42 bits per heavy atom. The third-order valence-corrected chi connectivity index (χ3v) is 2.31. The summed E-state index contributed by atoms with van der Waals surface area (Å²) in [7, 11) is 1.87. The van der Waals surface area contributed by atoms with Crippen LogP contribution in [-0.4, -0.2) is 13.3 Å². The fourth-order valence-corrected chi connectivity index (χ4v) is 1.73. The van der Waals surface area contributed by atoms with Gasteiger partial charge in [0.2, 0.25) is 0 Å². The van der Waals surface area contributed by atoms with Crippen LogP contribution in [0.15, 0.2) is 12.4 Å². The van der Waals surface area contributed by atoms with Gasteiger partial charge < -0.3 is 4.55 Å². The molecule has 0 aliphatic rings. The van der Waals surface area contributed by atoms with Gasteiger partial charge in [-0.05, 0) is 6.92 Å². The molecule has 1 N–H and O–H groups in total. The van der Waals surface area contributed by atoms with Gasteiger partial charge in [0.15, 0.2) is 16.8 Å². The molecule has 1 unspecified atom stereocenters. The van der Waals surface area contributed by atoms with Crippen LogP contribution in [0.4, 0.5) is 0 Å². The smallest absolute Gasteiger partial charge is 0.271 e. The van der Waals surface area contributed by atoms with E-state index in [0.29, 0.717) is 0 Å². The van der Waals surface area contributed by atoms with Crippen molar-refractivity contribution in [3.8, 4) is 0 Å². The molecule has 0 radical (unpaired) electrons. The maximum atomic E-state index is 10.6. The number of hydrogen-bond acceptors (Lipinski definition) is 1. The van der Waals surface area contributed by atoms with Crippen molar-refractivity contribution in [3.63, 3.8) is 0 Å². The third-order valence-electron chi connectivity index (χ3n) is 1.80. The van der Waals surface area contributed by atoms with E-state index in [2.05, 4.69) is 0 Å². The molecular weight excluding hydrogens is 176 g/mol. The summed E-state index contributed by atoms with van der Waals surface area (Å²) in [5, 5.41) is 0. The zero-order valence-electron chi connectivity index (χ0n) is 7.23. The molecule has 1 heterocycles. The molecule has 0 aliphatic carbocycles. The van der Waals surface area contributed by atoms with E-state index in [1.807, 2.05) is 35.5 Å². The summed E-state index contributed by atoms with van der Waals surface area (Å²) in [5.74, 6) is 1.07. The molecule has 1 atom stereocenters. The SMILES string of the molecule is CCn1cc[n+](C)c1CS(=O)O. The molecule has 68 valence electrons. The van der Waals surface area contributed by atoms with Gasteiger partial charge in [-0.3, -0.25) is 0 Å². The van der Waals surface area contributed by atoms with Crippen molar-refractivity contribution in [3.05, 3.63) is 18.2 Å². The topological polar surface area (TPSA) is 46.1 Å². The second-order valence-electron chi connectivity index (χ2n) is 2.58. The normalized spacial score (nSPS) is 13.2. The van der Waals surface area contributed by atoms with Gasteiger partial charge in [-0.15, -0.1) is 0 Å². The van der Waals surface area contributed by atoms with Crippen LogP contribution in [0.25, 0.3) is 0 Å². The third kappa shape index (κ3) is 1.92. The van der Waals surface area contributed by atoms with Gasteiger partial charge in [0.05, 0.1) is 13.6 Å². The van der Waals surface area contributed by atoms with E-state index in [1.54, 1.807) is 0 Å². The molecule has 4 nitrogen and oxygen atoms in total. The van der Waals surface area contributed by atoms with Crippen molar-refractivity contribution in [2.75, 3.05) is 0 Å². The summed E-state index contributed by atoms with van der Waals surface area (Å²) in [6.07, 6.45) is 3.79. The molecule has 0 bridgehead atoms. The number of aryl methyl sites for hydroxylation is 2. The molecular formula is C7H13N2O2S+. The first kappa shape index (κ1) is 9.41. The van der Waals surface area contributed by atoms with E-state index in [1.165, 1.54) is 0 Å². The Morgan fingerprint density at radius 3 is 2.92 bits per heavy atom. The van der Waals surface area contributed by atoms with Crippen LogP contribution < -0.4 is 4.57 Å². The molecule has 0 saturated heterocycles. The van der Waals surface area contributed by atoms with Crippen molar-refractivity contribution in [2.45, 2.75) is 19.2 Å². The predicted molar refractivity (Wildman–Crippen MR) is 45.8 cm³/mol. The highest BCUT2D eigenvalue weighted by Crippen LogP contribution is 1.97. The van der Waals surface area contributed by atoms with Crippen molar-refractivity contribution in [1.29, 1.82) is 0 Å². The van der Waals surface area contributed by atoms with Gasteiger partial charge in [0.25, 0.3) is 5.82 Å². The predicted octanol–water partition coefficient (Wildman–Crippen LogP) is 0.0542. The van der Waals surface area contributed by atoms with E-state index in [4.69, 9.17) is 4.55 Å². The van der Waals surface area contributed by atoms with Crippen LogP contribution in [0.2, 0.25) is 0 Å². The first-order chi connectivity index (χ1) is 5.65. The molecule has 0 spiro atoms. The van der Waals surface area contributed by atoms with Crippen LogP contribution in [0.3, 0.4) is 0 Å². The second-order valence-corrected chi connectivity index (χ2v) is 3.51. The van der Waals surface area contributed by atoms with Crippen molar-refractivity contribution in [1.82, 2.24) is 4.57 Å². The molecule has 1 aromatic heterocycles. The Hall–Kier alpha value is -0.680. The summed E-state index contributed by atoms with van der Waals surface area (Å²) in [4.78, 5) is 0. The Labute approximate surface area is 74.1 Å². The summed E-state index contributed by atoms with van der Waals surface area (Å²) >= 11 is -1.76. The quantitative estimate of drug-likeness (QED) is 0.539. The zero-order chi connectivity index (χ0) is 9.14. The Balaban J connectivity index is 2.94. The van der Waals surface area contributed by atoms with Crippen molar-refractivity contribution >= 4 is 11.1 Å². The molecule has 5 heteroatoms. The van der Waals surface area contributed by atoms with Gasteiger partial charge in [0, 0.05) is 0 Å². The maximum Gasteiger partial charge on any atom is 0.271 e. The van der Waals surface area contributed by atoms with Gasteiger partial charge in [-0.2, -0.15) is 0 Å². The van der Waals surface area contributed by atoms with Crippen LogP contribution in [-0.2, 0) is 30.4 Å². The van der Waals surface area contributed by atoms with E-state index in [-0.39, 0.29) is 5.75 Å². The standard InChI is InChI=1S/C7H12N2O2S/c1-3-9-5-4-8(2)7(9)6-12(10)11/h4-5H,3,6H2,1-2H3/p+1. The number of aromatic nitrogens is 2. The fraction of sp³-hybridized carbons (Fsp3) is 0.571. The minimum absolute atomic E-state index is 0.192. The van der Waals surface area contributed by atoms with Crippen LogP contribution in [0, 0.1) is 0 Å². The molecule has 0 fully saturated rings. The number of nitrogens with zero attached hydrogens (tertiary/aromatic N) is 2.